The lowest BCUT2D eigenvalue weighted by molar-refractivity contribution is -0.111. The highest BCUT2D eigenvalue weighted by molar-refractivity contribution is 7.89. The van der Waals surface area contributed by atoms with Crippen LogP contribution in [-0.4, -0.2) is 38.3 Å². The predicted molar refractivity (Wildman–Crippen MR) is 110 cm³/mol. The number of benzene rings is 2. The highest BCUT2D eigenvalue weighted by Gasteiger charge is 2.30. The minimum absolute atomic E-state index is 0.0431. The summed E-state index contributed by atoms with van der Waals surface area (Å²) in [6.45, 7) is 3.06. The number of halogens is 1. The van der Waals surface area contributed by atoms with E-state index in [-0.39, 0.29) is 16.5 Å². The van der Waals surface area contributed by atoms with Crippen LogP contribution in [0.5, 0.6) is 5.75 Å². The lowest BCUT2D eigenvalue weighted by Gasteiger charge is -2.19. The molecule has 0 saturated carbocycles. The summed E-state index contributed by atoms with van der Waals surface area (Å²) in [7, 11) is -3.71. The Kier molecular flexibility index (Phi) is 6.66. The fourth-order valence-electron chi connectivity index (χ4n) is 3.06. The maximum Gasteiger partial charge on any atom is 0.248 e. The van der Waals surface area contributed by atoms with Gasteiger partial charge in [-0.2, -0.15) is 4.31 Å². The van der Waals surface area contributed by atoms with Crippen molar-refractivity contribution in [1.29, 1.82) is 0 Å². The molecule has 1 heterocycles. The van der Waals surface area contributed by atoms with Crippen molar-refractivity contribution in [3.8, 4) is 5.75 Å². The molecule has 6 nitrogen and oxygen atoms in total. The second-order valence-corrected chi connectivity index (χ2v) is 8.49. The Labute approximate surface area is 170 Å². The molecule has 0 aromatic heterocycles. The highest BCUT2D eigenvalue weighted by atomic mass is 32.2. The zero-order valence-electron chi connectivity index (χ0n) is 16.1. The van der Waals surface area contributed by atoms with Crippen molar-refractivity contribution in [3.63, 3.8) is 0 Å². The topological polar surface area (TPSA) is 75.7 Å². The lowest BCUT2D eigenvalue weighted by atomic mass is 10.2. The first-order valence-electron chi connectivity index (χ1n) is 9.42. The molecule has 1 aliphatic heterocycles. The van der Waals surface area contributed by atoms with E-state index in [1.807, 2.05) is 0 Å². The Bertz CT molecular complexity index is 998. The SMILES string of the molecule is CCOc1ccc(NC(=O)/C=C/c2ccc(F)cc2)cc1S(=O)(=O)N1CCCC1. The zero-order valence-corrected chi connectivity index (χ0v) is 16.9. The molecule has 2 aromatic rings. The van der Waals surface area contributed by atoms with Gasteiger partial charge in [0, 0.05) is 24.9 Å². The van der Waals surface area contributed by atoms with Crippen LogP contribution in [0.15, 0.2) is 53.4 Å². The molecule has 2 aromatic carbocycles. The van der Waals surface area contributed by atoms with E-state index in [1.165, 1.54) is 28.6 Å². The quantitative estimate of drug-likeness (QED) is 0.697. The number of hydrogen-bond donors (Lipinski definition) is 1. The van der Waals surface area contributed by atoms with E-state index in [9.17, 15) is 17.6 Å². The van der Waals surface area contributed by atoms with E-state index in [2.05, 4.69) is 5.32 Å². The van der Waals surface area contributed by atoms with Gasteiger partial charge in [-0.1, -0.05) is 12.1 Å². The van der Waals surface area contributed by atoms with Crippen LogP contribution in [-0.2, 0) is 14.8 Å². The zero-order chi connectivity index (χ0) is 20.9. The van der Waals surface area contributed by atoms with Gasteiger partial charge in [-0.05, 0) is 61.7 Å². The number of sulfonamides is 1. The van der Waals surface area contributed by atoms with Crippen LogP contribution in [0.1, 0.15) is 25.3 Å². The van der Waals surface area contributed by atoms with Gasteiger partial charge in [0.15, 0.2) is 0 Å². The minimum atomic E-state index is -3.71. The Morgan fingerprint density at radius 2 is 1.86 bits per heavy atom. The van der Waals surface area contributed by atoms with Gasteiger partial charge >= 0.3 is 0 Å². The van der Waals surface area contributed by atoms with E-state index in [1.54, 1.807) is 37.3 Å². The standard InChI is InChI=1S/C21H23FN2O4S/c1-2-28-19-11-10-18(15-20(19)29(26,27)24-13-3-4-14-24)23-21(25)12-7-16-5-8-17(22)9-6-16/h5-12,15H,2-4,13-14H2,1H3,(H,23,25)/b12-7+. The van der Waals surface area contributed by atoms with Crippen molar-refractivity contribution in [2.45, 2.75) is 24.7 Å². The lowest BCUT2D eigenvalue weighted by Crippen LogP contribution is -2.28. The summed E-state index contributed by atoms with van der Waals surface area (Å²) in [6, 6.07) is 10.3. The molecule has 0 spiro atoms. The van der Waals surface area contributed by atoms with Crippen molar-refractivity contribution < 1.29 is 22.3 Å². The largest absolute Gasteiger partial charge is 0.492 e. The summed E-state index contributed by atoms with van der Waals surface area (Å²) in [5.74, 6) is -0.519. The Hall–Kier alpha value is -2.71. The van der Waals surface area contributed by atoms with Gasteiger partial charge in [0.2, 0.25) is 15.9 Å². The van der Waals surface area contributed by atoms with Crippen LogP contribution in [0.2, 0.25) is 0 Å². The summed E-state index contributed by atoms with van der Waals surface area (Å²) in [6.07, 6.45) is 4.51. The second kappa shape index (κ2) is 9.19. The molecular weight excluding hydrogens is 395 g/mol. The van der Waals surface area contributed by atoms with Gasteiger partial charge in [0.05, 0.1) is 6.61 Å². The summed E-state index contributed by atoms with van der Waals surface area (Å²) < 4.78 is 45.9. The molecule has 0 bridgehead atoms. The van der Waals surface area contributed by atoms with Crippen molar-refractivity contribution in [2.75, 3.05) is 25.0 Å². The van der Waals surface area contributed by atoms with Crippen molar-refractivity contribution in [2.24, 2.45) is 0 Å². The molecule has 0 atom stereocenters. The van der Waals surface area contributed by atoms with E-state index in [0.29, 0.717) is 30.9 Å². The summed E-state index contributed by atoms with van der Waals surface area (Å²) in [5, 5.41) is 2.66. The van der Waals surface area contributed by atoms with Crippen molar-refractivity contribution in [3.05, 3.63) is 59.9 Å². The molecule has 1 fully saturated rings. The molecule has 0 radical (unpaired) electrons. The number of hydrogen-bond acceptors (Lipinski definition) is 4. The second-order valence-electron chi connectivity index (χ2n) is 6.58. The smallest absolute Gasteiger partial charge is 0.248 e. The molecule has 8 heteroatoms. The maximum atomic E-state index is 13.0. The van der Waals surface area contributed by atoms with Crippen LogP contribution < -0.4 is 10.1 Å². The molecule has 1 amide bonds. The molecule has 1 saturated heterocycles. The number of carbonyl (C=O) groups excluding carboxylic acids is 1. The Morgan fingerprint density at radius 1 is 1.17 bits per heavy atom. The van der Waals surface area contributed by atoms with E-state index in [4.69, 9.17) is 4.74 Å². The molecule has 1 N–H and O–H groups in total. The van der Waals surface area contributed by atoms with E-state index >= 15 is 0 Å². The van der Waals surface area contributed by atoms with Crippen LogP contribution in [0.3, 0.4) is 0 Å². The minimum Gasteiger partial charge on any atom is -0.492 e. The van der Waals surface area contributed by atoms with Crippen LogP contribution in [0.4, 0.5) is 10.1 Å². The third-order valence-electron chi connectivity index (χ3n) is 4.49. The van der Waals surface area contributed by atoms with E-state index < -0.39 is 15.9 Å². The van der Waals surface area contributed by atoms with Gasteiger partial charge < -0.3 is 10.1 Å². The number of ether oxygens (including phenoxy) is 1. The molecule has 0 unspecified atom stereocenters. The maximum absolute atomic E-state index is 13.0. The summed E-state index contributed by atoms with van der Waals surface area (Å²) in [5.41, 5.74) is 1.02. The van der Waals surface area contributed by atoms with Crippen LogP contribution >= 0.6 is 0 Å². The number of nitrogens with one attached hydrogen (secondary N) is 1. The Morgan fingerprint density at radius 3 is 2.52 bits per heavy atom. The molecule has 29 heavy (non-hydrogen) atoms. The van der Waals surface area contributed by atoms with Crippen LogP contribution in [0, 0.1) is 5.82 Å². The van der Waals surface area contributed by atoms with Crippen molar-refractivity contribution >= 4 is 27.7 Å². The summed E-state index contributed by atoms with van der Waals surface area (Å²) >= 11 is 0. The first kappa shape index (κ1) is 21.0. The van der Waals surface area contributed by atoms with Gasteiger partial charge in [-0.3, -0.25) is 4.79 Å². The molecule has 3 rings (SSSR count). The van der Waals surface area contributed by atoms with Gasteiger partial charge in [0.25, 0.3) is 0 Å². The van der Waals surface area contributed by atoms with E-state index in [0.717, 1.165) is 12.8 Å². The third kappa shape index (κ3) is 5.21. The first-order chi connectivity index (χ1) is 13.9. The van der Waals surface area contributed by atoms with Crippen molar-refractivity contribution in [1.82, 2.24) is 4.31 Å². The third-order valence-corrected chi connectivity index (χ3v) is 6.41. The van der Waals surface area contributed by atoms with Gasteiger partial charge in [0.1, 0.15) is 16.5 Å². The Balaban J connectivity index is 1.80. The van der Waals surface area contributed by atoms with Crippen LogP contribution in [0.25, 0.3) is 6.08 Å². The fraction of sp³-hybridized carbons (Fsp3) is 0.286. The number of rotatable bonds is 7. The average Bonchev–Trinajstić information content (AvgIpc) is 3.25. The van der Waals surface area contributed by atoms with Gasteiger partial charge in [-0.25, -0.2) is 12.8 Å². The number of amides is 1. The molecule has 0 aliphatic carbocycles. The molecule has 1 aliphatic rings. The number of carbonyl (C=O) groups is 1. The highest BCUT2D eigenvalue weighted by Crippen LogP contribution is 2.31. The number of nitrogens with zero attached hydrogens (tertiary/aromatic N) is 1. The predicted octanol–water partition coefficient (Wildman–Crippen LogP) is 3.66. The average molecular weight is 418 g/mol. The monoisotopic (exact) mass is 418 g/mol. The number of anilines is 1. The first-order valence-corrected chi connectivity index (χ1v) is 10.9. The molecular formula is C21H23FN2O4S. The molecule has 154 valence electrons. The summed E-state index contributed by atoms with van der Waals surface area (Å²) in [4.78, 5) is 12.3. The normalized spacial score (nSPS) is 15.0. The van der Waals surface area contributed by atoms with Gasteiger partial charge in [-0.15, -0.1) is 0 Å². The fourth-order valence-corrected chi connectivity index (χ4v) is 4.73.